The number of halogens is 1. The molecule has 68 valence electrons. The lowest BCUT2D eigenvalue weighted by atomic mass is 10.2. The molecule has 0 saturated carbocycles. The molecule has 0 N–H and O–H groups in total. The zero-order chi connectivity index (χ0) is 8.53. The summed E-state index contributed by atoms with van der Waals surface area (Å²) in [6.45, 7) is 0.290. The second-order valence-corrected chi connectivity index (χ2v) is 3.15. The van der Waals surface area contributed by atoms with Crippen LogP contribution in [0.25, 0.3) is 0 Å². The second-order valence-electron chi connectivity index (χ2n) is 2.13. The van der Waals surface area contributed by atoms with Gasteiger partial charge >= 0.3 is 0 Å². The molecule has 0 saturated heterocycles. The highest BCUT2D eigenvalue weighted by atomic mass is 35.5. The van der Waals surface area contributed by atoms with Crippen molar-refractivity contribution in [1.29, 1.82) is 0 Å². The van der Waals surface area contributed by atoms with E-state index in [4.69, 9.17) is 11.6 Å². The van der Waals surface area contributed by atoms with Gasteiger partial charge in [-0.15, -0.1) is 11.6 Å². The normalized spacial score (nSPS) is 13.3. The SMILES string of the molecule is O=S([O-])OCCCCCCCl. The molecule has 0 aromatic rings. The Morgan fingerprint density at radius 1 is 1.27 bits per heavy atom. The van der Waals surface area contributed by atoms with Crippen LogP contribution in [0, 0.1) is 0 Å². The van der Waals surface area contributed by atoms with E-state index in [2.05, 4.69) is 4.18 Å². The largest absolute Gasteiger partial charge is 0.750 e. The summed E-state index contributed by atoms with van der Waals surface area (Å²) in [7, 11) is 0. The minimum absolute atomic E-state index is 0.290. The van der Waals surface area contributed by atoms with E-state index in [0.717, 1.165) is 25.7 Å². The lowest BCUT2D eigenvalue weighted by Crippen LogP contribution is -1.97. The summed E-state index contributed by atoms with van der Waals surface area (Å²) in [6.07, 6.45) is 3.79. The molecule has 0 spiro atoms. The average Bonchev–Trinajstić information content (AvgIpc) is 1.96. The quantitative estimate of drug-likeness (QED) is 0.356. The van der Waals surface area contributed by atoms with E-state index in [1.807, 2.05) is 0 Å². The van der Waals surface area contributed by atoms with Crippen LogP contribution in [0.3, 0.4) is 0 Å². The van der Waals surface area contributed by atoms with Gasteiger partial charge in [-0.25, -0.2) is 4.21 Å². The van der Waals surface area contributed by atoms with E-state index < -0.39 is 11.4 Å². The Morgan fingerprint density at radius 3 is 2.45 bits per heavy atom. The number of hydrogen-bond acceptors (Lipinski definition) is 3. The molecule has 0 rings (SSSR count). The minimum atomic E-state index is -2.35. The maximum Gasteiger partial charge on any atom is 0.0842 e. The molecule has 0 aliphatic rings. The molecule has 1 atom stereocenters. The van der Waals surface area contributed by atoms with E-state index in [0.29, 0.717) is 12.5 Å². The molecule has 0 heterocycles. The fourth-order valence-electron chi connectivity index (χ4n) is 0.677. The molecule has 0 aromatic carbocycles. The van der Waals surface area contributed by atoms with Crippen molar-refractivity contribution in [2.75, 3.05) is 12.5 Å². The summed E-state index contributed by atoms with van der Waals surface area (Å²) in [4.78, 5) is 0. The zero-order valence-corrected chi connectivity index (χ0v) is 7.83. The molecule has 0 aromatic heterocycles. The van der Waals surface area contributed by atoms with Crippen LogP contribution in [0.4, 0.5) is 0 Å². The van der Waals surface area contributed by atoms with Crippen LogP contribution < -0.4 is 0 Å². The predicted octanol–water partition coefficient (Wildman–Crippen LogP) is 1.60. The molecule has 0 radical (unpaired) electrons. The zero-order valence-electron chi connectivity index (χ0n) is 6.25. The average molecular weight is 200 g/mol. The van der Waals surface area contributed by atoms with E-state index in [1.165, 1.54) is 0 Å². The topological polar surface area (TPSA) is 49.4 Å². The van der Waals surface area contributed by atoms with Crippen molar-refractivity contribution in [2.45, 2.75) is 25.7 Å². The van der Waals surface area contributed by atoms with Crippen LogP contribution in [0.1, 0.15) is 25.7 Å². The molecule has 5 heteroatoms. The Balaban J connectivity index is 2.85. The van der Waals surface area contributed by atoms with E-state index in [-0.39, 0.29) is 0 Å². The first-order valence-corrected chi connectivity index (χ1v) is 5.09. The van der Waals surface area contributed by atoms with Crippen LogP contribution in [-0.4, -0.2) is 21.2 Å². The van der Waals surface area contributed by atoms with Gasteiger partial charge in [0.2, 0.25) is 0 Å². The van der Waals surface area contributed by atoms with E-state index in [1.54, 1.807) is 0 Å². The molecule has 0 amide bonds. The van der Waals surface area contributed by atoms with Crippen molar-refractivity contribution < 1.29 is 12.9 Å². The van der Waals surface area contributed by atoms with Crippen molar-refractivity contribution in [1.82, 2.24) is 0 Å². The molecule has 0 fully saturated rings. The van der Waals surface area contributed by atoms with Gasteiger partial charge in [0.1, 0.15) is 0 Å². The van der Waals surface area contributed by atoms with Crippen molar-refractivity contribution >= 4 is 23.0 Å². The van der Waals surface area contributed by atoms with Crippen LogP contribution in [0.5, 0.6) is 0 Å². The number of hydrogen-bond donors (Lipinski definition) is 0. The molecule has 0 aliphatic heterocycles. The highest BCUT2D eigenvalue weighted by Gasteiger charge is 1.89. The fourth-order valence-corrected chi connectivity index (χ4v) is 1.12. The summed E-state index contributed by atoms with van der Waals surface area (Å²) in [5.74, 6) is 0.675. The molecule has 3 nitrogen and oxygen atoms in total. The smallest absolute Gasteiger partial charge is 0.0842 e. The third-order valence-corrected chi connectivity index (χ3v) is 1.83. The van der Waals surface area contributed by atoms with Gasteiger partial charge in [0, 0.05) is 5.88 Å². The van der Waals surface area contributed by atoms with Gasteiger partial charge in [0.05, 0.1) is 18.0 Å². The third-order valence-electron chi connectivity index (χ3n) is 1.21. The summed E-state index contributed by atoms with van der Waals surface area (Å²) in [5, 5.41) is 0. The highest BCUT2D eigenvalue weighted by Crippen LogP contribution is 2.01. The maximum absolute atomic E-state index is 9.84. The Labute approximate surface area is 74.6 Å². The molecule has 11 heavy (non-hydrogen) atoms. The summed E-state index contributed by atoms with van der Waals surface area (Å²) in [5.41, 5.74) is 0. The predicted molar refractivity (Wildman–Crippen MR) is 44.1 cm³/mol. The van der Waals surface area contributed by atoms with Crippen LogP contribution in [0.15, 0.2) is 0 Å². The highest BCUT2D eigenvalue weighted by molar-refractivity contribution is 7.74. The fraction of sp³-hybridized carbons (Fsp3) is 1.00. The second kappa shape index (κ2) is 8.46. The van der Waals surface area contributed by atoms with Crippen LogP contribution in [-0.2, 0) is 15.5 Å². The van der Waals surface area contributed by atoms with Gasteiger partial charge in [0.25, 0.3) is 0 Å². The number of unbranched alkanes of at least 4 members (excludes halogenated alkanes) is 3. The molecule has 1 unspecified atom stereocenters. The van der Waals surface area contributed by atoms with Crippen LogP contribution >= 0.6 is 11.6 Å². The van der Waals surface area contributed by atoms with Crippen molar-refractivity contribution in [3.8, 4) is 0 Å². The Kier molecular flexibility index (Phi) is 8.73. The Hall–Kier alpha value is 0.360. The van der Waals surface area contributed by atoms with Crippen molar-refractivity contribution in [3.63, 3.8) is 0 Å². The summed E-state index contributed by atoms with van der Waals surface area (Å²) < 4.78 is 24.0. The standard InChI is InChI=1S/C6H13ClO3S/c7-5-3-1-2-4-6-10-11(8)9/h1-6H2,(H,8,9)/p-1. The van der Waals surface area contributed by atoms with Gasteiger partial charge in [-0.2, -0.15) is 0 Å². The van der Waals surface area contributed by atoms with Crippen LogP contribution in [0.2, 0.25) is 0 Å². The first-order chi connectivity index (χ1) is 5.27. The van der Waals surface area contributed by atoms with Gasteiger partial charge in [-0.05, 0) is 12.8 Å². The number of rotatable bonds is 7. The first-order valence-electron chi connectivity index (χ1n) is 3.56. The van der Waals surface area contributed by atoms with Gasteiger partial charge in [-0.3, -0.25) is 0 Å². The molecule has 0 bridgehead atoms. The summed E-state index contributed by atoms with van der Waals surface area (Å²) in [6, 6.07) is 0. The Morgan fingerprint density at radius 2 is 1.91 bits per heavy atom. The van der Waals surface area contributed by atoms with Gasteiger partial charge < -0.3 is 8.74 Å². The minimum Gasteiger partial charge on any atom is -0.750 e. The number of alkyl halides is 1. The van der Waals surface area contributed by atoms with Gasteiger partial charge in [0.15, 0.2) is 0 Å². The van der Waals surface area contributed by atoms with Crippen molar-refractivity contribution in [2.24, 2.45) is 0 Å². The third kappa shape index (κ3) is 10.4. The molecular weight excluding hydrogens is 188 g/mol. The monoisotopic (exact) mass is 199 g/mol. The Bertz CT molecular complexity index is 110. The van der Waals surface area contributed by atoms with E-state index >= 15 is 0 Å². The maximum atomic E-state index is 9.84. The molecular formula is C6H12ClO3S-. The summed E-state index contributed by atoms with van der Waals surface area (Å²) >= 11 is 3.09. The molecule has 0 aliphatic carbocycles. The van der Waals surface area contributed by atoms with Crippen molar-refractivity contribution in [3.05, 3.63) is 0 Å². The lowest BCUT2D eigenvalue weighted by Gasteiger charge is -2.04. The van der Waals surface area contributed by atoms with E-state index in [9.17, 15) is 8.76 Å². The first kappa shape index (κ1) is 11.4. The van der Waals surface area contributed by atoms with Gasteiger partial charge in [-0.1, -0.05) is 12.8 Å². The lowest BCUT2D eigenvalue weighted by molar-refractivity contribution is 0.291.